The minimum Gasteiger partial charge on any atom is -0.481 e. The first-order valence-corrected chi connectivity index (χ1v) is 7.28. The highest BCUT2D eigenvalue weighted by Crippen LogP contribution is 2.34. The van der Waals surface area contributed by atoms with Gasteiger partial charge in [0.05, 0.1) is 5.41 Å². The third-order valence-corrected chi connectivity index (χ3v) is 4.39. The molecule has 1 amide bonds. The Labute approximate surface area is 125 Å². The smallest absolute Gasteiger partial charge is 0.309 e. The van der Waals surface area contributed by atoms with E-state index in [1.165, 1.54) is 0 Å². The zero-order chi connectivity index (χ0) is 15.6. The monoisotopic (exact) mass is 290 g/mol. The average Bonchev–Trinajstić information content (AvgIpc) is 2.46. The second-order valence-corrected chi connectivity index (χ2v) is 6.28. The van der Waals surface area contributed by atoms with E-state index in [0.29, 0.717) is 18.8 Å². The Bertz CT molecular complexity index is 554. The summed E-state index contributed by atoms with van der Waals surface area (Å²) in [6, 6.07) is 5.38. The first-order valence-electron chi connectivity index (χ1n) is 7.28. The number of amides is 1. The van der Waals surface area contributed by atoms with E-state index < -0.39 is 11.4 Å². The molecule has 1 aromatic rings. The summed E-state index contributed by atoms with van der Waals surface area (Å²) in [4.78, 5) is 29.9. The Morgan fingerprint density at radius 3 is 2.71 bits per heavy atom. The van der Waals surface area contributed by atoms with E-state index in [4.69, 9.17) is 0 Å². The molecule has 1 N–H and O–H groups in total. The van der Waals surface area contributed by atoms with Gasteiger partial charge in [0, 0.05) is 18.8 Å². The summed E-state index contributed by atoms with van der Waals surface area (Å²) in [5.41, 5.74) is 0.419. The van der Waals surface area contributed by atoms with E-state index in [1.54, 1.807) is 24.8 Å². The fourth-order valence-electron chi connectivity index (χ4n) is 2.75. The second-order valence-electron chi connectivity index (χ2n) is 6.28. The molecule has 2 heterocycles. The summed E-state index contributed by atoms with van der Waals surface area (Å²) in [6.45, 7) is 6.47. The van der Waals surface area contributed by atoms with Crippen LogP contribution in [-0.2, 0) is 4.79 Å². The number of carboxylic acids is 1. The van der Waals surface area contributed by atoms with Crippen molar-refractivity contribution in [3.05, 3.63) is 29.6 Å². The number of nitrogens with zero attached hydrogens (tertiary/aromatic N) is 2. The summed E-state index contributed by atoms with van der Waals surface area (Å²) < 4.78 is 0. The first kappa shape index (κ1) is 15.5. The molecule has 1 saturated heterocycles. The van der Waals surface area contributed by atoms with Gasteiger partial charge in [-0.3, -0.25) is 9.59 Å². The van der Waals surface area contributed by atoms with Gasteiger partial charge >= 0.3 is 5.97 Å². The maximum absolute atomic E-state index is 12.5. The number of rotatable bonds is 3. The van der Waals surface area contributed by atoms with Crippen molar-refractivity contribution in [2.24, 2.45) is 11.3 Å². The van der Waals surface area contributed by atoms with Crippen LogP contribution < -0.4 is 0 Å². The predicted molar refractivity (Wildman–Crippen MR) is 79.0 cm³/mol. The van der Waals surface area contributed by atoms with Crippen molar-refractivity contribution in [1.29, 1.82) is 0 Å². The Morgan fingerprint density at radius 1 is 1.38 bits per heavy atom. The normalized spacial score (nSPS) is 19.4. The number of likely N-dealkylation sites (tertiary alicyclic amines) is 1. The number of carbonyl (C=O) groups excluding carboxylic acids is 1. The lowest BCUT2D eigenvalue weighted by Gasteiger charge is -2.39. The molecule has 1 fully saturated rings. The zero-order valence-corrected chi connectivity index (χ0v) is 12.8. The number of aromatic nitrogens is 1. The van der Waals surface area contributed by atoms with Crippen LogP contribution in [0.5, 0.6) is 0 Å². The van der Waals surface area contributed by atoms with Crippen LogP contribution in [-0.4, -0.2) is 40.0 Å². The van der Waals surface area contributed by atoms with Crippen LogP contribution in [0.4, 0.5) is 0 Å². The Morgan fingerprint density at radius 2 is 2.10 bits per heavy atom. The number of carbonyl (C=O) groups is 2. The number of piperidine rings is 1. The summed E-state index contributed by atoms with van der Waals surface area (Å²) >= 11 is 0. The molecule has 0 saturated carbocycles. The highest BCUT2D eigenvalue weighted by Gasteiger charge is 2.40. The predicted octanol–water partition coefficient (Wildman–Crippen LogP) is 2.35. The van der Waals surface area contributed by atoms with E-state index >= 15 is 0 Å². The van der Waals surface area contributed by atoms with Gasteiger partial charge in [0.15, 0.2) is 0 Å². The number of carboxylic acid groups (broad SMARTS) is 1. The van der Waals surface area contributed by atoms with Gasteiger partial charge < -0.3 is 10.0 Å². The molecular weight excluding hydrogens is 268 g/mol. The van der Waals surface area contributed by atoms with Crippen LogP contribution in [0.2, 0.25) is 0 Å². The second kappa shape index (κ2) is 5.84. The van der Waals surface area contributed by atoms with Crippen molar-refractivity contribution < 1.29 is 14.7 Å². The fourth-order valence-corrected chi connectivity index (χ4v) is 2.75. The lowest BCUT2D eigenvalue weighted by Crippen LogP contribution is -2.47. The molecule has 5 heteroatoms. The third-order valence-electron chi connectivity index (χ3n) is 4.39. The molecule has 1 unspecified atom stereocenters. The van der Waals surface area contributed by atoms with Crippen molar-refractivity contribution in [1.82, 2.24) is 9.88 Å². The summed E-state index contributed by atoms with van der Waals surface area (Å²) in [5, 5.41) is 9.36. The van der Waals surface area contributed by atoms with Gasteiger partial charge in [-0.1, -0.05) is 6.07 Å². The molecule has 1 atom stereocenters. The standard InChI is InChI=1S/C16H22N2O3/c1-11-6-4-8-13(17-11)14(19)18-9-5-7-12(10-18)16(2,3)15(20)21/h4,6,8,12H,5,7,9-10H2,1-3H3,(H,20,21). The molecule has 2 rings (SSSR count). The fraction of sp³-hybridized carbons (Fsp3) is 0.562. The van der Waals surface area contributed by atoms with Gasteiger partial charge in [0.1, 0.15) is 5.69 Å². The van der Waals surface area contributed by atoms with Gasteiger partial charge in [-0.25, -0.2) is 4.98 Å². The first-order chi connectivity index (χ1) is 9.82. The van der Waals surface area contributed by atoms with Crippen LogP contribution in [0.25, 0.3) is 0 Å². The summed E-state index contributed by atoms with van der Waals surface area (Å²) in [6.07, 6.45) is 1.67. The largest absolute Gasteiger partial charge is 0.481 e. The molecule has 114 valence electrons. The Balaban J connectivity index is 2.14. The van der Waals surface area contributed by atoms with Crippen molar-refractivity contribution in [2.75, 3.05) is 13.1 Å². The van der Waals surface area contributed by atoms with Crippen LogP contribution in [0.1, 0.15) is 42.9 Å². The molecule has 1 aliphatic rings. The van der Waals surface area contributed by atoms with Crippen LogP contribution in [0.3, 0.4) is 0 Å². The lowest BCUT2D eigenvalue weighted by atomic mass is 9.74. The molecular formula is C16H22N2O3. The molecule has 1 aromatic heterocycles. The van der Waals surface area contributed by atoms with Crippen LogP contribution in [0.15, 0.2) is 18.2 Å². The molecule has 1 aliphatic heterocycles. The number of aliphatic carboxylic acids is 1. The van der Waals surface area contributed by atoms with Crippen molar-refractivity contribution >= 4 is 11.9 Å². The van der Waals surface area contributed by atoms with E-state index in [-0.39, 0.29) is 11.8 Å². The maximum Gasteiger partial charge on any atom is 0.309 e. The zero-order valence-electron chi connectivity index (χ0n) is 12.8. The highest BCUT2D eigenvalue weighted by molar-refractivity contribution is 5.92. The maximum atomic E-state index is 12.5. The van der Waals surface area contributed by atoms with E-state index in [2.05, 4.69) is 4.98 Å². The van der Waals surface area contributed by atoms with E-state index in [1.807, 2.05) is 19.1 Å². The number of aryl methyl sites for hydroxylation is 1. The van der Waals surface area contributed by atoms with Gasteiger partial charge in [-0.2, -0.15) is 0 Å². The summed E-state index contributed by atoms with van der Waals surface area (Å²) in [7, 11) is 0. The minimum absolute atomic E-state index is 0.0301. The minimum atomic E-state index is -0.820. The lowest BCUT2D eigenvalue weighted by molar-refractivity contribution is -0.151. The van der Waals surface area contributed by atoms with Gasteiger partial charge in [0.25, 0.3) is 5.91 Å². The molecule has 0 aliphatic carbocycles. The quantitative estimate of drug-likeness (QED) is 0.927. The summed E-state index contributed by atoms with van der Waals surface area (Å²) in [5.74, 6) is -0.947. The van der Waals surface area contributed by atoms with Crippen molar-refractivity contribution in [3.8, 4) is 0 Å². The van der Waals surface area contributed by atoms with E-state index in [0.717, 1.165) is 18.5 Å². The van der Waals surface area contributed by atoms with Crippen LogP contribution in [0, 0.1) is 18.3 Å². The molecule has 0 radical (unpaired) electrons. The molecule has 5 nitrogen and oxygen atoms in total. The molecule has 0 bridgehead atoms. The van der Waals surface area contributed by atoms with Gasteiger partial charge in [-0.05, 0) is 51.7 Å². The Hall–Kier alpha value is -1.91. The van der Waals surface area contributed by atoms with Crippen molar-refractivity contribution in [2.45, 2.75) is 33.6 Å². The molecule has 0 aromatic carbocycles. The van der Waals surface area contributed by atoms with Gasteiger partial charge in [0.2, 0.25) is 0 Å². The molecule has 0 spiro atoms. The van der Waals surface area contributed by atoms with Gasteiger partial charge in [-0.15, -0.1) is 0 Å². The van der Waals surface area contributed by atoms with E-state index in [9.17, 15) is 14.7 Å². The van der Waals surface area contributed by atoms with Crippen LogP contribution >= 0.6 is 0 Å². The van der Waals surface area contributed by atoms with Crippen molar-refractivity contribution in [3.63, 3.8) is 0 Å². The number of hydrogen-bond acceptors (Lipinski definition) is 3. The number of hydrogen-bond donors (Lipinski definition) is 1. The Kier molecular flexibility index (Phi) is 4.30. The number of pyridine rings is 1. The highest BCUT2D eigenvalue weighted by atomic mass is 16.4. The topological polar surface area (TPSA) is 70.5 Å². The SMILES string of the molecule is Cc1cccc(C(=O)N2CCCC(C(C)(C)C(=O)O)C2)n1. The third kappa shape index (κ3) is 3.23. The molecule has 21 heavy (non-hydrogen) atoms. The average molecular weight is 290 g/mol.